The van der Waals surface area contributed by atoms with Gasteiger partial charge in [0.25, 0.3) is 0 Å². The fourth-order valence-corrected chi connectivity index (χ4v) is 8.73. The molecule has 0 heterocycles. The van der Waals surface area contributed by atoms with Crippen LogP contribution in [-0.4, -0.2) is 190 Å². The van der Waals surface area contributed by atoms with Gasteiger partial charge in [-0.1, -0.05) is 137 Å². The lowest BCUT2D eigenvalue weighted by molar-refractivity contribution is -0.157. The van der Waals surface area contributed by atoms with E-state index in [4.69, 9.17) is 72.5 Å². The average molecular weight is 1840 g/mol. The van der Waals surface area contributed by atoms with E-state index < -0.39 is 74.7 Å². The van der Waals surface area contributed by atoms with Gasteiger partial charge >= 0.3 is 83.8 Å². The number of esters is 9. The van der Waals surface area contributed by atoms with Gasteiger partial charge in [0.1, 0.15) is 39.6 Å². The van der Waals surface area contributed by atoms with Gasteiger partial charge < -0.3 is 83.2 Å². The summed E-state index contributed by atoms with van der Waals surface area (Å²) in [6.07, 6.45) is 17.3. The first-order chi connectivity index (χ1) is 60.2. The first kappa shape index (κ1) is 128. The third-order valence-corrected chi connectivity index (χ3v) is 21.5. The van der Waals surface area contributed by atoms with Gasteiger partial charge in [0.2, 0.25) is 0 Å². The number of alkyl carbamates (subject to hydrolysis) is 2. The summed E-state index contributed by atoms with van der Waals surface area (Å²) in [5.74, 6) is -4.78. The van der Waals surface area contributed by atoms with E-state index in [1.807, 2.05) is 155 Å². The maximum Gasteiger partial charge on any atom is 0.407 e. The number of ether oxygens (including phenoxy) is 11. The summed E-state index contributed by atoms with van der Waals surface area (Å²) in [6, 6.07) is 15.5. The molecule has 0 fully saturated rings. The Morgan fingerprint density at radius 1 is 0.333 bits per heavy atom. The van der Waals surface area contributed by atoms with E-state index in [1.165, 1.54) is 24.6 Å². The molecule has 2 atom stereocenters. The van der Waals surface area contributed by atoms with Crippen molar-refractivity contribution in [2.75, 3.05) is 79.2 Å². The molecule has 2 aromatic rings. The van der Waals surface area contributed by atoms with E-state index in [0.717, 1.165) is 95.5 Å². The SMILES string of the molecule is CCC(C)(C)C(=O)O.CCC(C)(C)C(=O)OCC(C)O.CCC(C)(C)C(=O)OCCCCCC(=O)O.CCC(C)(C)C(=O)OCCOC(=O)c1ccccc1C(=O)O.CCC(C)(C)C(=O)OCc1ccccc1.CCCCC(CC)COC(=O)CCCCCOC(=O)NCCOC(=O)C(C)(C)CC.CCCCOC(=O)CCCCCOC(=O)NCCOC(=O)C(C)(C)CC. The Morgan fingerprint density at radius 2 is 0.674 bits per heavy atom. The number of hydrogen-bond acceptors (Lipinski definition) is 26. The Balaban J connectivity index is -0.000000478. The minimum Gasteiger partial charge on any atom is -0.481 e. The maximum absolute atomic E-state index is 11.8. The highest BCUT2D eigenvalue weighted by Crippen LogP contribution is 2.27. The lowest BCUT2D eigenvalue weighted by atomic mass is 9.91. The minimum absolute atomic E-state index is 0.0322. The predicted molar refractivity (Wildman–Crippen MR) is 494 cm³/mol. The van der Waals surface area contributed by atoms with Crippen molar-refractivity contribution < 1.29 is 140 Å². The van der Waals surface area contributed by atoms with Crippen LogP contribution in [0.1, 0.15) is 360 Å². The number of aliphatic carboxylic acids is 2. The largest absolute Gasteiger partial charge is 0.481 e. The summed E-state index contributed by atoms with van der Waals surface area (Å²) in [4.78, 5) is 159. The second-order valence-electron chi connectivity index (χ2n) is 35.6. The zero-order valence-corrected chi connectivity index (χ0v) is 83.2. The molecule has 31 nitrogen and oxygen atoms in total. The molecule has 0 aliphatic carbocycles. The summed E-state index contributed by atoms with van der Waals surface area (Å²) in [5.41, 5.74) is -2.52. The zero-order chi connectivity index (χ0) is 99.9. The second kappa shape index (κ2) is 73.3. The monoisotopic (exact) mass is 1840 g/mol. The van der Waals surface area contributed by atoms with Crippen LogP contribution in [0.25, 0.3) is 0 Å². The van der Waals surface area contributed by atoms with E-state index in [1.54, 1.807) is 40.7 Å². The predicted octanol–water partition coefficient (Wildman–Crippen LogP) is 19.8. The van der Waals surface area contributed by atoms with Crippen LogP contribution in [0, 0.1) is 43.8 Å². The number of aliphatic hydroxyl groups excluding tert-OH is 1. The van der Waals surface area contributed by atoms with Crippen molar-refractivity contribution in [1.82, 2.24) is 10.6 Å². The van der Waals surface area contributed by atoms with Crippen LogP contribution in [0.3, 0.4) is 0 Å². The highest BCUT2D eigenvalue weighted by atomic mass is 16.6. The zero-order valence-electron chi connectivity index (χ0n) is 83.2. The molecule has 31 heteroatoms. The van der Waals surface area contributed by atoms with Crippen molar-refractivity contribution in [3.63, 3.8) is 0 Å². The van der Waals surface area contributed by atoms with Crippen molar-refractivity contribution >= 4 is 83.8 Å². The fraction of sp³-hybridized carbons (Fsp3) is 0.735. The number of rotatable bonds is 56. The van der Waals surface area contributed by atoms with Gasteiger partial charge in [0.05, 0.1) is 101 Å². The molecule has 0 radical (unpaired) electrons. The molecule has 129 heavy (non-hydrogen) atoms. The molecule has 0 spiro atoms. The first-order valence-electron chi connectivity index (χ1n) is 46.1. The maximum atomic E-state index is 11.8. The number of unbranched alkanes of at least 4 members (excludes halogenated alkanes) is 8. The normalized spacial score (nSPS) is 11.6. The van der Waals surface area contributed by atoms with Crippen molar-refractivity contribution in [3.05, 3.63) is 71.3 Å². The molecule has 6 N–H and O–H groups in total. The molecule has 2 unspecified atom stereocenters. The number of benzene rings is 2. The number of carbonyl (C=O) groups excluding carboxylic acids is 11. The molecule has 744 valence electrons. The Kier molecular flexibility index (Phi) is 72.7. The van der Waals surface area contributed by atoms with E-state index in [0.29, 0.717) is 103 Å². The van der Waals surface area contributed by atoms with Crippen molar-refractivity contribution in [3.8, 4) is 0 Å². The van der Waals surface area contributed by atoms with Crippen LogP contribution in [-0.2, 0) is 107 Å². The first-order valence-corrected chi connectivity index (χ1v) is 46.1. The summed E-state index contributed by atoms with van der Waals surface area (Å²) >= 11 is 0. The van der Waals surface area contributed by atoms with Crippen LogP contribution in [0.2, 0.25) is 0 Å². The molecule has 0 aliphatic heterocycles. The highest BCUT2D eigenvalue weighted by Gasteiger charge is 2.32. The summed E-state index contributed by atoms with van der Waals surface area (Å²) < 4.78 is 56.0. The number of carboxylic acids is 3. The average Bonchev–Trinajstić information content (AvgIpc) is 0.847. The van der Waals surface area contributed by atoms with Crippen molar-refractivity contribution in [1.29, 1.82) is 0 Å². The van der Waals surface area contributed by atoms with Gasteiger partial charge in [-0.3, -0.25) is 47.9 Å². The summed E-state index contributed by atoms with van der Waals surface area (Å²) in [5, 5.41) is 39.8. The topological polar surface area (TPSA) is 445 Å². The molecular weight excluding hydrogens is 1670 g/mol. The Labute approximate surface area is 771 Å². The molecule has 0 bridgehead atoms. The van der Waals surface area contributed by atoms with Crippen molar-refractivity contribution in [2.24, 2.45) is 43.8 Å². The number of hydrogen-bond donors (Lipinski definition) is 6. The van der Waals surface area contributed by atoms with Crippen LogP contribution in [0.15, 0.2) is 54.6 Å². The molecule has 0 saturated heterocycles. The van der Waals surface area contributed by atoms with Gasteiger partial charge in [-0.25, -0.2) is 19.2 Å². The quantitative estimate of drug-likeness (QED) is 0.0203. The molecule has 2 rings (SSSR count). The number of carbonyl (C=O) groups is 14. The lowest BCUT2D eigenvalue weighted by Gasteiger charge is -2.20. The molecule has 0 saturated carbocycles. The Bertz CT molecular complexity index is 3470. The molecular formula is C98H168N2O29. The fourth-order valence-electron chi connectivity index (χ4n) is 8.73. The van der Waals surface area contributed by atoms with Gasteiger partial charge in [-0.2, -0.15) is 0 Å². The smallest absolute Gasteiger partial charge is 0.407 e. The van der Waals surface area contributed by atoms with Gasteiger partial charge in [-0.15, -0.1) is 0 Å². The number of aromatic carboxylic acids is 1. The van der Waals surface area contributed by atoms with Crippen LogP contribution in [0.4, 0.5) is 9.59 Å². The van der Waals surface area contributed by atoms with E-state index in [9.17, 15) is 67.1 Å². The van der Waals surface area contributed by atoms with E-state index in [2.05, 4.69) is 24.5 Å². The highest BCUT2D eigenvalue weighted by molar-refractivity contribution is 6.02. The van der Waals surface area contributed by atoms with Crippen LogP contribution in [0.5, 0.6) is 0 Å². The third kappa shape index (κ3) is 67.4. The van der Waals surface area contributed by atoms with E-state index >= 15 is 0 Å². The minimum atomic E-state index is -1.20. The van der Waals surface area contributed by atoms with Crippen LogP contribution >= 0.6 is 0 Å². The Hall–Kier alpha value is -9.42. The van der Waals surface area contributed by atoms with Crippen LogP contribution < -0.4 is 10.6 Å². The number of nitrogens with one attached hydrogen (secondary N) is 2. The van der Waals surface area contributed by atoms with Crippen molar-refractivity contribution in [2.45, 2.75) is 346 Å². The molecule has 0 aromatic heterocycles. The van der Waals surface area contributed by atoms with E-state index in [-0.39, 0.29) is 117 Å². The van der Waals surface area contributed by atoms with Gasteiger partial charge in [-0.05, 0) is 243 Å². The number of carboxylic acid groups (broad SMARTS) is 3. The number of amides is 2. The Morgan fingerprint density at radius 3 is 1.04 bits per heavy atom. The lowest BCUT2D eigenvalue weighted by Crippen LogP contribution is -2.32. The summed E-state index contributed by atoms with van der Waals surface area (Å²) in [7, 11) is 0. The number of aliphatic hydroxyl groups is 1. The van der Waals surface area contributed by atoms with Gasteiger partial charge in [0.15, 0.2) is 0 Å². The second-order valence-corrected chi connectivity index (χ2v) is 35.6. The third-order valence-electron chi connectivity index (χ3n) is 21.5. The molecule has 0 aliphatic rings. The summed E-state index contributed by atoms with van der Waals surface area (Å²) in [6.45, 7) is 49.8. The standard InChI is InChI=1S/C23H43NO6.C19H35NO6.C16H20O6.C13H18O2.C12H22O4.C9H18O3.C6H12O2/c1-6-9-13-19(7-2)18-30-20(25)14-11-10-12-16-29-22(27)24-15-17-28-21(26)23(4,5)8-3;1-5-7-13-24-16(21)11-9-8-10-14-26-18(23)20-12-15-25-17(22)19(3,4)6-2;1-4-16(2,3)15(20)22-10-9-21-14(19)12-8-6-5-7-11(12)13(17)18;1-4-13(2,3)12(14)15-10-11-8-6-5-7-9-11;1-4-12(2,3)11(15)16-9-7-5-6-8-10(13)14;1-5-9(3,4)8(11)12-6-7(2)10;1-4-6(2,3)5(7)8/h19H,6-18H2,1-5H3,(H,24,27);5-15H2,1-4H3,(H,20,23);5-8H,4,9-10H2,1-3H3,(H,17,18);5-9H,4,10H2,1-3H3;4-9H2,1-3H3,(H,13,14);7,10H,5-6H2,1-4H3;4H2,1-3H3,(H,7,8). The molecule has 2 amide bonds. The molecule has 2 aromatic carbocycles. The van der Waals surface area contributed by atoms with Gasteiger partial charge in [0, 0.05) is 19.3 Å².